The molecule has 0 bridgehead atoms. The van der Waals surface area contributed by atoms with Crippen LogP contribution in [-0.2, 0) is 26.4 Å². The summed E-state index contributed by atoms with van der Waals surface area (Å²) in [5, 5.41) is 12.2. The molecule has 0 saturated carbocycles. The van der Waals surface area contributed by atoms with Crippen LogP contribution >= 0.6 is 0 Å². The number of nitrogens with one attached hydrogen (secondary N) is 2. The molecule has 29 heavy (non-hydrogen) atoms. The number of hydrogen-bond donors (Lipinski definition) is 2. The van der Waals surface area contributed by atoms with E-state index in [2.05, 4.69) is 31.9 Å². The van der Waals surface area contributed by atoms with Gasteiger partial charge in [-0.2, -0.15) is 5.10 Å². The molecule has 0 atom stereocenters. The third-order valence-corrected chi connectivity index (χ3v) is 5.32. The number of aryl methyl sites for hydroxylation is 2. The molecule has 0 aliphatic carbocycles. The van der Waals surface area contributed by atoms with E-state index in [1.165, 1.54) is 17.3 Å². The van der Waals surface area contributed by atoms with Crippen LogP contribution in [0.25, 0.3) is 11.3 Å². The van der Waals surface area contributed by atoms with Crippen molar-refractivity contribution >= 4 is 12.2 Å². The van der Waals surface area contributed by atoms with Crippen molar-refractivity contribution in [2.24, 2.45) is 12.0 Å². The predicted octanol–water partition coefficient (Wildman–Crippen LogP) is 3.23. The zero-order valence-electron chi connectivity index (χ0n) is 16.8. The van der Waals surface area contributed by atoms with Crippen LogP contribution in [0, 0.1) is 18.2 Å². The Morgan fingerprint density at radius 1 is 1.38 bits per heavy atom. The number of aromatic amines is 1. The van der Waals surface area contributed by atoms with Crippen molar-refractivity contribution in [2.45, 2.75) is 33.2 Å². The molecule has 0 amide bonds. The van der Waals surface area contributed by atoms with Gasteiger partial charge < -0.3 is 9.88 Å². The summed E-state index contributed by atoms with van der Waals surface area (Å²) in [5.74, 6) is 0.926. The molecular weight excluding hydrogens is 369 g/mol. The van der Waals surface area contributed by atoms with E-state index < -0.39 is 0 Å². The minimum atomic E-state index is -0.337. The molecule has 2 N–H and O–H groups in total. The molecule has 8 heteroatoms. The highest BCUT2D eigenvalue weighted by molar-refractivity contribution is 6.05. The van der Waals surface area contributed by atoms with Crippen molar-refractivity contribution in [1.29, 1.82) is 5.41 Å². The van der Waals surface area contributed by atoms with Gasteiger partial charge in [0.25, 0.3) is 0 Å². The lowest BCUT2D eigenvalue weighted by atomic mass is 10.0. The number of fused-ring (bicyclic) bond motifs is 1. The van der Waals surface area contributed by atoms with Crippen LogP contribution in [0.5, 0.6) is 0 Å². The van der Waals surface area contributed by atoms with Crippen LogP contribution in [0.15, 0.2) is 29.3 Å². The summed E-state index contributed by atoms with van der Waals surface area (Å²) in [6.45, 7) is 5.32. The van der Waals surface area contributed by atoms with E-state index in [0.29, 0.717) is 41.7 Å². The monoisotopic (exact) mass is 393 g/mol. The Hall–Kier alpha value is -3.29. The van der Waals surface area contributed by atoms with Gasteiger partial charge in [-0.25, -0.2) is 14.4 Å². The van der Waals surface area contributed by atoms with E-state index in [4.69, 9.17) is 5.41 Å². The van der Waals surface area contributed by atoms with Gasteiger partial charge in [-0.3, -0.25) is 10.1 Å². The topological polar surface area (TPSA) is 86.0 Å². The van der Waals surface area contributed by atoms with E-state index in [-0.39, 0.29) is 5.82 Å². The second-order valence-electron chi connectivity index (χ2n) is 7.13. The highest BCUT2D eigenvalue weighted by Crippen LogP contribution is 2.28. The van der Waals surface area contributed by atoms with Crippen molar-refractivity contribution in [3.63, 3.8) is 0 Å². The average Bonchev–Trinajstić information content (AvgIpc) is 3.24. The molecule has 3 aromatic rings. The molecule has 0 unspecified atom stereocenters. The zero-order chi connectivity index (χ0) is 20.5. The standard InChI is InChI=1S/C21H24FN7/c1-4-18-15-11-29(10-9-17(15)27-28(18)3)21(24-12-23)20-19(25-13(2)26-20)14-7-5-6-8-16(14)22/h5-8,12,23H,4,9-11H2,1-3H3,(H,25,26). The molecule has 7 nitrogen and oxygen atoms in total. The number of H-pyrrole nitrogens is 1. The molecule has 0 spiro atoms. The third-order valence-electron chi connectivity index (χ3n) is 5.32. The minimum absolute atomic E-state index is 0.337. The fraction of sp³-hybridized carbons (Fsp3) is 0.333. The molecule has 150 valence electrons. The van der Waals surface area contributed by atoms with Gasteiger partial charge in [0.2, 0.25) is 0 Å². The Kier molecular flexibility index (Phi) is 5.00. The minimum Gasteiger partial charge on any atom is -0.350 e. The Morgan fingerprint density at radius 2 is 2.17 bits per heavy atom. The summed E-state index contributed by atoms with van der Waals surface area (Å²) in [7, 11) is 1.97. The van der Waals surface area contributed by atoms with Gasteiger partial charge in [-0.05, 0) is 25.5 Å². The van der Waals surface area contributed by atoms with Crippen LogP contribution in [0.2, 0.25) is 0 Å². The number of amidine groups is 1. The summed E-state index contributed by atoms with van der Waals surface area (Å²) in [5.41, 5.74) is 5.08. The number of hydrogen-bond acceptors (Lipinski definition) is 3. The Morgan fingerprint density at radius 3 is 2.90 bits per heavy atom. The van der Waals surface area contributed by atoms with Crippen molar-refractivity contribution in [1.82, 2.24) is 24.6 Å². The van der Waals surface area contributed by atoms with Gasteiger partial charge in [0.15, 0.2) is 5.84 Å². The van der Waals surface area contributed by atoms with E-state index in [1.54, 1.807) is 18.2 Å². The van der Waals surface area contributed by atoms with Gasteiger partial charge in [0.05, 0.1) is 5.69 Å². The molecule has 3 heterocycles. The lowest BCUT2D eigenvalue weighted by molar-refractivity contribution is 0.391. The van der Waals surface area contributed by atoms with Gasteiger partial charge in [0, 0.05) is 43.4 Å². The van der Waals surface area contributed by atoms with Gasteiger partial charge >= 0.3 is 0 Å². The van der Waals surface area contributed by atoms with E-state index >= 15 is 0 Å². The van der Waals surface area contributed by atoms with Crippen molar-refractivity contribution < 1.29 is 4.39 Å². The van der Waals surface area contributed by atoms with Crippen LogP contribution in [0.1, 0.15) is 35.4 Å². The molecular formula is C21H24FN7. The molecule has 1 aliphatic heterocycles. The first-order chi connectivity index (χ1) is 14.0. The third kappa shape index (κ3) is 3.35. The molecule has 0 saturated heterocycles. The number of benzene rings is 1. The zero-order valence-corrected chi connectivity index (χ0v) is 16.8. The first kappa shape index (κ1) is 19.0. The van der Waals surface area contributed by atoms with Crippen molar-refractivity contribution in [3.8, 4) is 11.3 Å². The number of nitrogens with zero attached hydrogens (tertiary/aromatic N) is 5. The normalized spacial score (nSPS) is 14.2. The predicted molar refractivity (Wildman–Crippen MR) is 111 cm³/mol. The number of aromatic nitrogens is 4. The smallest absolute Gasteiger partial charge is 0.156 e. The van der Waals surface area contributed by atoms with E-state index in [0.717, 1.165) is 24.9 Å². The SMILES string of the molecule is CCc1c2c(nn1C)CCN(C(=NC=N)c1[nH]c(C)nc1-c1ccccc1F)C2. The largest absolute Gasteiger partial charge is 0.350 e. The maximum absolute atomic E-state index is 14.5. The summed E-state index contributed by atoms with van der Waals surface area (Å²) in [4.78, 5) is 14.2. The molecule has 1 aliphatic rings. The highest BCUT2D eigenvalue weighted by Gasteiger charge is 2.28. The average molecular weight is 393 g/mol. The number of halogens is 1. The highest BCUT2D eigenvalue weighted by atomic mass is 19.1. The van der Waals surface area contributed by atoms with Crippen LogP contribution < -0.4 is 0 Å². The maximum Gasteiger partial charge on any atom is 0.156 e. The first-order valence-corrected chi connectivity index (χ1v) is 9.70. The Bertz CT molecular complexity index is 1090. The van der Waals surface area contributed by atoms with Gasteiger partial charge in [0.1, 0.15) is 29.4 Å². The Balaban J connectivity index is 1.78. The van der Waals surface area contributed by atoms with E-state index in [9.17, 15) is 4.39 Å². The second-order valence-corrected chi connectivity index (χ2v) is 7.13. The summed E-state index contributed by atoms with van der Waals surface area (Å²) in [6.07, 6.45) is 2.71. The maximum atomic E-state index is 14.5. The van der Waals surface area contributed by atoms with Gasteiger partial charge in [-0.1, -0.05) is 19.1 Å². The van der Waals surface area contributed by atoms with Crippen molar-refractivity contribution in [3.05, 3.63) is 58.6 Å². The van der Waals surface area contributed by atoms with Crippen LogP contribution in [-0.4, -0.2) is 43.4 Å². The van der Waals surface area contributed by atoms with Crippen LogP contribution in [0.3, 0.4) is 0 Å². The van der Waals surface area contributed by atoms with Gasteiger partial charge in [-0.15, -0.1) is 0 Å². The Labute approximate surface area is 168 Å². The fourth-order valence-corrected chi connectivity index (χ4v) is 4.05. The second kappa shape index (κ2) is 7.62. The lowest BCUT2D eigenvalue weighted by Gasteiger charge is -2.29. The number of imidazole rings is 1. The van der Waals surface area contributed by atoms with E-state index in [1.807, 2.05) is 18.7 Å². The number of aliphatic imine (C=N–C) groups is 1. The molecule has 0 radical (unpaired) electrons. The quantitative estimate of drug-likeness (QED) is 0.527. The first-order valence-electron chi connectivity index (χ1n) is 9.70. The summed E-state index contributed by atoms with van der Waals surface area (Å²) < 4.78 is 16.4. The molecule has 4 rings (SSSR count). The summed E-state index contributed by atoms with van der Waals surface area (Å²) >= 11 is 0. The molecule has 0 fully saturated rings. The number of rotatable bonds is 4. The summed E-state index contributed by atoms with van der Waals surface area (Å²) in [6, 6.07) is 6.58. The van der Waals surface area contributed by atoms with Crippen LogP contribution in [0.4, 0.5) is 4.39 Å². The fourth-order valence-electron chi connectivity index (χ4n) is 4.05. The lowest BCUT2D eigenvalue weighted by Crippen LogP contribution is -2.37. The van der Waals surface area contributed by atoms with Crippen molar-refractivity contribution in [2.75, 3.05) is 6.54 Å². The molecule has 2 aromatic heterocycles. The molecule has 1 aromatic carbocycles.